The van der Waals surface area contributed by atoms with Crippen molar-refractivity contribution in [1.82, 2.24) is 9.97 Å². The molecule has 1 aromatic carbocycles. The molecule has 88 valence electrons. The summed E-state index contributed by atoms with van der Waals surface area (Å²) in [6, 6.07) is 5.28. The van der Waals surface area contributed by atoms with Crippen LogP contribution in [0.4, 0.5) is 0 Å². The van der Waals surface area contributed by atoms with Crippen LogP contribution in [-0.4, -0.2) is 22.5 Å². The van der Waals surface area contributed by atoms with Gasteiger partial charge in [-0.15, -0.1) is 0 Å². The van der Waals surface area contributed by atoms with Gasteiger partial charge in [-0.1, -0.05) is 11.6 Å². The molecule has 1 heterocycles. The average molecular weight is 232 g/mol. The average Bonchev–Trinajstić information content (AvgIpc) is 2.30. The van der Waals surface area contributed by atoms with E-state index in [1.54, 1.807) is 19.1 Å². The van der Waals surface area contributed by atoms with E-state index in [2.05, 4.69) is 9.97 Å². The summed E-state index contributed by atoms with van der Waals surface area (Å²) in [5.74, 6) is -0.680. The highest BCUT2D eigenvalue weighted by Gasteiger charge is 2.11. The van der Waals surface area contributed by atoms with Crippen molar-refractivity contribution in [3.63, 3.8) is 0 Å². The molecule has 17 heavy (non-hydrogen) atoms. The molecule has 0 saturated heterocycles. The molecule has 2 rings (SSSR count). The van der Waals surface area contributed by atoms with E-state index in [1.807, 2.05) is 13.0 Å². The van der Waals surface area contributed by atoms with Crippen LogP contribution in [-0.2, 0) is 4.74 Å². The van der Waals surface area contributed by atoms with E-state index in [-0.39, 0.29) is 18.0 Å². The molecule has 1 N–H and O–H groups in total. The molecule has 0 aliphatic heterocycles. The fourth-order valence-electron chi connectivity index (χ4n) is 1.55. The van der Waals surface area contributed by atoms with Crippen LogP contribution in [0.15, 0.2) is 23.0 Å². The first kappa shape index (κ1) is 11.3. The van der Waals surface area contributed by atoms with E-state index in [1.165, 1.54) is 0 Å². The Balaban J connectivity index is 2.60. The second kappa shape index (κ2) is 4.37. The molecular weight excluding hydrogens is 220 g/mol. The summed E-state index contributed by atoms with van der Waals surface area (Å²) in [5, 5.41) is 0.470. The van der Waals surface area contributed by atoms with Crippen molar-refractivity contribution < 1.29 is 9.53 Å². The zero-order valence-corrected chi connectivity index (χ0v) is 9.61. The van der Waals surface area contributed by atoms with Gasteiger partial charge in [-0.05, 0) is 26.0 Å². The van der Waals surface area contributed by atoms with Crippen molar-refractivity contribution >= 4 is 16.9 Å². The highest BCUT2D eigenvalue weighted by molar-refractivity contribution is 5.88. The summed E-state index contributed by atoms with van der Waals surface area (Å²) in [4.78, 5) is 29.7. The van der Waals surface area contributed by atoms with Crippen molar-refractivity contribution in [2.75, 3.05) is 6.61 Å². The third-order valence-corrected chi connectivity index (χ3v) is 2.33. The Morgan fingerprint density at radius 3 is 2.94 bits per heavy atom. The molecule has 2 aromatic rings. The number of carbonyl (C=O) groups excluding carboxylic acids is 1. The van der Waals surface area contributed by atoms with Crippen LogP contribution < -0.4 is 5.56 Å². The molecule has 0 fully saturated rings. The Bertz CT molecular complexity index is 631. The Morgan fingerprint density at radius 1 is 1.47 bits per heavy atom. The van der Waals surface area contributed by atoms with E-state index in [9.17, 15) is 9.59 Å². The van der Waals surface area contributed by atoms with Crippen molar-refractivity contribution in [1.29, 1.82) is 0 Å². The summed E-state index contributed by atoms with van der Waals surface area (Å²) in [5.41, 5.74) is 1.12. The number of ether oxygens (including phenoxy) is 1. The van der Waals surface area contributed by atoms with E-state index >= 15 is 0 Å². The third kappa shape index (κ3) is 2.18. The Morgan fingerprint density at radius 2 is 2.24 bits per heavy atom. The van der Waals surface area contributed by atoms with Crippen LogP contribution in [0.25, 0.3) is 10.9 Å². The summed E-state index contributed by atoms with van der Waals surface area (Å²) in [7, 11) is 0. The third-order valence-electron chi connectivity index (χ3n) is 2.33. The second-order valence-electron chi connectivity index (χ2n) is 3.66. The fraction of sp³-hybridized carbons (Fsp3) is 0.250. The maximum Gasteiger partial charge on any atom is 0.374 e. The molecule has 5 nitrogen and oxygen atoms in total. The number of nitrogens with zero attached hydrogens (tertiary/aromatic N) is 1. The normalized spacial score (nSPS) is 10.5. The number of nitrogens with one attached hydrogen (secondary N) is 1. The number of aromatic amines is 1. The minimum atomic E-state index is -0.618. The van der Waals surface area contributed by atoms with Crippen LogP contribution in [0, 0.1) is 6.92 Å². The minimum absolute atomic E-state index is 0.0618. The molecular formula is C12H12N2O3. The van der Waals surface area contributed by atoms with Gasteiger partial charge in [0.05, 0.1) is 17.5 Å². The predicted octanol–water partition coefficient (Wildman–Crippen LogP) is 1.41. The first-order valence-electron chi connectivity index (χ1n) is 5.29. The smallest absolute Gasteiger partial charge is 0.374 e. The summed E-state index contributed by atoms with van der Waals surface area (Å²) >= 11 is 0. The number of aryl methyl sites for hydroxylation is 1. The van der Waals surface area contributed by atoms with Gasteiger partial charge in [-0.3, -0.25) is 4.79 Å². The zero-order chi connectivity index (χ0) is 12.4. The summed E-state index contributed by atoms with van der Waals surface area (Å²) in [6.07, 6.45) is 0. The number of fused-ring (bicyclic) bond motifs is 1. The highest BCUT2D eigenvalue weighted by Crippen LogP contribution is 2.09. The van der Waals surface area contributed by atoms with E-state index in [4.69, 9.17) is 4.74 Å². The monoisotopic (exact) mass is 232 g/mol. The molecule has 0 spiro atoms. The Labute approximate surface area is 97.4 Å². The van der Waals surface area contributed by atoms with Crippen molar-refractivity contribution in [2.45, 2.75) is 13.8 Å². The van der Waals surface area contributed by atoms with Gasteiger partial charge in [0.1, 0.15) is 0 Å². The predicted molar refractivity (Wildman–Crippen MR) is 63.1 cm³/mol. The summed E-state index contributed by atoms with van der Waals surface area (Å²) < 4.78 is 4.78. The van der Waals surface area contributed by atoms with Crippen molar-refractivity contribution in [3.8, 4) is 0 Å². The van der Waals surface area contributed by atoms with Gasteiger partial charge in [0.25, 0.3) is 5.56 Å². The largest absolute Gasteiger partial charge is 0.460 e. The molecule has 1 aromatic heterocycles. The number of esters is 1. The fourth-order valence-corrected chi connectivity index (χ4v) is 1.55. The standard InChI is InChI=1S/C12H12N2O3/c1-3-17-12(16)10-13-9-5-4-7(2)6-8(9)11(15)14-10/h4-6H,3H2,1-2H3,(H,13,14,15). The lowest BCUT2D eigenvalue weighted by atomic mass is 10.2. The van der Waals surface area contributed by atoms with Crippen LogP contribution in [0.1, 0.15) is 23.1 Å². The maximum atomic E-state index is 11.8. The zero-order valence-electron chi connectivity index (χ0n) is 9.61. The van der Waals surface area contributed by atoms with E-state index < -0.39 is 5.97 Å². The van der Waals surface area contributed by atoms with Gasteiger partial charge in [0, 0.05) is 0 Å². The molecule has 0 radical (unpaired) electrons. The molecule has 0 atom stereocenters. The molecule has 0 aliphatic carbocycles. The summed E-state index contributed by atoms with van der Waals surface area (Å²) in [6.45, 7) is 3.83. The van der Waals surface area contributed by atoms with Gasteiger partial charge in [0.15, 0.2) is 0 Å². The first-order valence-corrected chi connectivity index (χ1v) is 5.29. The second-order valence-corrected chi connectivity index (χ2v) is 3.66. The number of hydrogen-bond donors (Lipinski definition) is 1. The van der Waals surface area contributed by atoms with E-state index in [0.717, 1.165) is 5.56 Å². The molecule has 0 saturated carbocycles. The topological polar surface area (TPSA) is 72.0 Å². The number of benzene rings is 1. The Kier molecular flexibility index (Phi) is 2.91. The number of H-pyrrole nitrogens is 1. The maximum absolute atomic E-state index is 11.8. The van der Waals surface area contributed by atoms with Crippen molar-refractivity contribution in [3.05, 3.63) is 39.9 Å². The van der Waals surface area contributed by atoms with Crippen LogP contribution in [0.5, 0.6) is 0 Å². The molecule has 0 unspecified atom stereocenters. The molecule has 0 bridgehead atoms. The van der Waals surface area contributed by atoms with Crippen LogP contribution >= 0.6 is 0 Å². The molecule has 0 aliphatic rings. The molecule has 5 heteroatoms. The van der Waals surface area contributed by atoms with Gasteiger partial charge < -0.3 is 9.72 Å². The van der Waals surface area contributed by atoms with Crippen molar-refractivity contribution in [2.24, 2.45) is 0 Å². The minimum Gasteiger partial charge on any atom is -0.460 e. The number of aromatic nitrogens is 2. The van der Waals surface area contributed by atoms with Crippen LogP contribution in [0.3, 0.4) is 0 Å². The van der Waals surface area contributed by atoms with E-state index in [0.29, 0.717) is 10.9 Å². The first-order chi connectivity index (χ1) is 8.11. The Hall–Kier alpha value is -2.17. The van der Waals surface area contributed by atoms with Gasteiger partial charge >= 0.3 is 5.97 Å². The van der Waals surface area contributed by atoms with Gasteiger partial charge in [0.2, 0.25) is 5.82 Å². The lowest BCUT2D eigenvalue weighted by Gasteiger charge is -2.03. The lowest BCUT2D eigenvalue weighted by molar-refractivity contribution is 0.0512. The number of carbonyl (C=O) groups is 1. The van der Waals surface area contributed by atoms with Crippen LogP contribution in [0.2, 0.25) is 0 Å². The quantitative estimate of drug-likeness (QED) is 0.794. The highest BCUT2D eigenvalue weighted by atomic mass is 16.5. The molecule has 0 amide bonds. The van der Waals surface area contributed by atoms with Gasteiger partial charge in [-0.2, -0.15) is 0 Å². The lowest BCUT2D eigenvalue weighted by Crippen LogP contribution is -2.17. The van der Waals surface area contributed by atoms with Gasteiger partial charge in [-0.25, -0.2) is 9.78 Å². The number of rotatable bonds is 2. The SMILES string of the molecule is CCOC(=O)c1nc2ccc(C)cc2c(=O)[nH]1. The number of hydrogen-bond acceptors (Lipinski definition) is 4.